The van der Waals surface area contributed by atoms with Gasteiger partial charge in [-0.15, -0.1) is 0 Å². The zero-order valence-corrected chi connectivity index (χ0v) is 8.34. The van der Waals surface area contributed by atoms with Crippen LogP contribution in [0.1, 0.15) is 39.5 Å². The number of aliphatic hydroxyl groups is 1. The molecular weight excluding hydrogens is 152 g/mol. The summed E-state index contributed by atoms with van der Waals surface area (Å²) in [6.07, 6.45) is 4.84. The fourth-order valence-electron chi connectivity index (χ4n) is 2.00. The van der Waals surface area contributed by atoms with Crippen LogP contribution in [0.15, 0.2) is 0 Å². The van der Waals surface area contributed by atoms with E-state index in [9.17, 15) is 5.11 Å². The van der Waals surface area contributed by atoms with Crippen LogP contribution in [-0.4, -0.2) is 23.9 Å². The van der Waals surface area contributed by atoms with Gasteiger partial charge in [0.1, 0.15) is 0 Å². The van der Waals surface area contributed by atoms with Crippen molar-refractivity contribution >= 4 is 0 Å². The van der Waals surface area contributed by atoms with Crippen LogP contribution in [0, 0.1) is 5.92 Å². The van der Waals surface area contributed by atoms with Crippen molar-refractivity contribution in [1.29, 1.82) is 0 Å². The third-order valence-electron chi connectivity index (χ3n) is 3.01. The molecule has 2 heteroatoms. The monoisotopic (exact) mass is 172 g/mol. The molecule has 0 aromatic heterocycles. The number of methoxy groups -OCH3 is 1. The molecule has 0 aromatic carbocycles. The van der Waals surface area contributed by atoms with Gasteiger partial charge in [0.2, 0.25) is 0 Å². The van der Waals surface area contributed by atoms with E-state index in [1.807, 2.05) is 13.8 Å². The van der Waals surface area contributed by atoms with Gasteiger partial charge in [-0.2, -0.15) is 0 Å². The Morgan fingerprint density at radius 2 is 1.67 bits per heavy atom. The molecule has 0 spiro atoms. The molecule has 1 fully saturated rings. The topological polar surface area (TPSA) is 29.5 Å². The number of ether oxygens (including phenoxy) is 1. The highest BCUT2D eigenvalue weighted by atomic mass is 16.5. The van der Waals surface area contributed by atoms with E-state index in [0.29, 0.717) is 12.0 Å². The van der Waals surface area contributed by atoms with Crippen LogP contribution >= 0.6 is 0 Å². The quantitative estimate of drug-likeness (QED) is 0.690. The lowest BCUT2D eigenvalue weighted by molar-refractivity contribution is -0.0278. The minimum absolute atomic E-state index is 0.434. The lowest BCUT2D eigenvalue weighted by atomic mass is 9.78. The minimum Gasteiger partial charge on any atom is -0.390 e. The average Bonchev–Trinajstić information content (AvgIpc) is 2.03. The lowest BCUT2D eigenvalue weighted by Gasteiger charge is -2.35. The number of hydrogen-bond donors (Lipinski definition) is 1. The zero-order valence-electron chi connectivity index (χ0n) is 8.34. The minimum atomic E-state index is -0.501. The third kappa shape index (κ3) is 2.46. The van der Waals surface area contributed by atoms with E-state index in [0.717, 1.165) is 25.7 Å². The summed E-state index contributed by atoms with van der Waals surface area (Å²) in [4.78, 5) is 0. The Morgan fingerprint density at radius 1 is 1.17 bits per heavy atom. The van der Waals surface area contributed by atoms with Crippen LogP contribution in [0.3, 0.4) is 0 Å². The van der Waals surface area contributed by atoms with E-state index in [1.54, 1.807) is 7.11 Å². The average molecular weight is 172 g/mol. The molecule has 0 amide bonds. The second-order valence-electron chi connectivity index (χ2n) is 4.36. The summed E-state index contributed by atoms with van der Waals surface area (Å²) in [5.41, 5.74) is -0.501. The van der Waals surface area contributed by atoms with E-state index in [2.05, 4.69) is 0 Å². The van der Waals surface area contributed by atoms with Gasteiger partial charge in [0.05, 0.1) is 11.7 Å². The summed E-state index contributed by atoms with van der Waals surface area (Å²) in [6.45, 7) is 3.82. The maximum atomic E-state index is 9.76. The lowest BCUT2D eigenvalue weighted by Crippen LogP contribution is -2.35. The van der Waals surface area contributed by atoms with Gasteiger partial charge in [-0.25, -0.2) is 0 Å². The van der Waals surface area contributed by atoms with E-state index in [4.69, 9.17) is 4.74 Å². The standard InChI is InChI=1S/C10H20O2/c1-10(2,11)8-4-6-9(12-3)7-5-8/h8-9,11H,4-7H2,1-3H3/t8-,9-. The van der Waals surface area contributed by atoms with E-state index in [-0.39, 0.29) is 0 Å². The molecule has 1 aliphatic carbocycles. The van der Waals surface area contributed by atoms with Gasteiger partial charge in [-0.3, -0.25) is 0 Å². The molecule has 1 N–H and O–H groups in total. The van der Waals surface area contributed by atoms with Gasteiger partial charge in [-0.05, 0) is 45.4 Å². The van der Waals surface area contributed by atoms with Gasteiger partial charge in [0.15, 0.2) is 0 Å². The molecule has 0 aromatic rings. The zero-order chi connectivity index (χ0) is 9.19. The summed E-state index contributed by atoms with van der Waals surface area (Å²) < 4.78 is 5.27. The molecule has 0 aliphatic heterocycles. The molecule has 12 heavy (non-hydrogen) atoms. The van der Waals surface area contributed by atoms with Gasteiger partial charge in [0, 0.05) is 7.11 Å². The van der Waals surface area contributed by atoms with Gasteiger partial charge in [0.25, 0.3) is 0 Å². The second kappa shape index (κ2) is 3.75. The highest BCUT2D eigenvalue weighted by molar-refractivity contribution is 4.82. The summed E-state index contributed by atoms with van der Waals surface area (Å²) in [7, 11) is 1.77. The van der Waals surface area contributed by atoms with Crippen molar-refractivity contribution in [2.45, 2.75) is 51.2 Å². The Hall–Kier alpha value is -0.0800. The van der Waals surface area contributed by atoms with Crippen LogP contribution in [0.2, 0.25) is 0 Å². The van der Waals surface area contributed by atoms with Gasteiger partial charge < -0.3 is 9.84 Å². The Bertz CT molecular complexity index is 129. The molecule has 2 nitrogen and oxygen atoms in total. The van der Waals surface area contributed by atoms with E-state index in [1.165, 1.54) is 0 Å². The van der Waals surface area contributed by atoms with Crippen molar-refractivity contribution in [1.82, 2.24) is 0 Å². The second-order valence-corrected chi connectivity index (χ2v) is 4.36. The largest absolute Gasteiger partial charge is 0.390 e. The Morgan fingerprint density at radius 3 is 2.00 bits per heavy atom. The molecule has 1 aliphatic rings. The summed E-state index contributed by atoms with van der Waals surface area (Å²) in [5, 5.41) is 9.76. The predicted octanol–water partition coefficient (Wildman–Crippen LogP) is 1.96. The highest BCUT2D eigenvalue weighted by Gasteiger charge is 2.30. The molecule has 0 radical (unpaired) electrons. The van der Waals surface area contributed by atoms with Gasteiger partial charge in [-0.1, -0.05) is 0 Å². The van der Waals surface area contributed by atoms with Gasteiger partial charge >= 0.3 is 0 Å². The van der Waals surface area contributed by atoms with Crippen molar-refractivity contribution in [3.05, 3.63) is 0 Å². The molecular formula is C10H20O2. The van der Waals surface area contributed by atoms with Crippen molar-refractivity contribution in [3.8, 4) is 0 Å². The maximum Gasteiger partial charge on any atom is 0.0619 e. The van der Waals surface area contributed by atoms with Crippen molar-refractivity contribution in [3.63, 3.8) is 0 Å². The summed E-state index contributed by atoms with van der Waals surface area (Å²) in [6, 6.07) is 0. The van der Waals surface area contributed by atoms with Crippen LogP contribution in [0.5, 0.6) is 0 Å². The number of hydrogen-bond acceptors (Lipinski definition) is 2. The smallest absolute Gasteiger partial charge is 0.0619 e. The fraction of sp³-hybridized carbons (Fsp3) is 1.00. The molecule has 0 unspecified atom stereocenters. The molecule has 1 saturated carbocycles. The number of rotatable bonds is 2. The van der Waals surface area contributed by atoms with E-state index >= 15 is 0 Å². The van der Waals surface area contributed by atoms with Crippen molar-refractivity contribution in [2.24, 2.45) is 5.92 Å². The molecule has 0 atom stereocenters. The highest BCUT2D eigenvalue weighted by Crippen LogP contribution is 2.33. The Kier molecular flexibility index (Phi) is 3.13. The molecule has 0 bridgehead atoms. The SMILES string of the molecule is CO[C@H]1CC[C@H](C(C)(C)O)CC1. The third-order valence-corrected chi connectivity index (χ3v) is 3.01. The van der Waals surface area contributed by atoms with Crippen LogP contribution in [0.4, 0.5) is 0 Å². The first-order valence-electron chi connectivity index (χ1n) is 4.79. The first kappa shape index (κ1) is 10.0. The van der Waals surface area contributed by atoms with Crippen LogP contribution < -0.4 is 0 Å². The van der Waals surface area contributed by atoms with E-state index < -0.39 is 5.60 Å². The molecule has 72 valence electrons. The van der Waals surface area contributed by atoms with Crippen molar-refractivity contribution in [2.75, 3.05) is 7.11 Å². The predicted molar refractivity (Wildman–Crippen MR) is 49.1 cm³/mol. The molecule has 1 rings (SSSR count). The van der Waals surface area contributed by atoms with Crippen LogP contribution in [-0.2, 0) is 4.74 Å². The maximum absolute atomic E-state index is 9.76. The summed E-state index contributed by atoms with van der Waals surface area (Å²) >= 11 is 0. The first-order valence-corrected chi connectivity index (χ1v) is 4.79. The van der Waals surface area contributed by atoms with Crippen LogP contribution in [0.25, 0.3) is 0 Å². The Balaban J connectivity index is 2.36. The normalized spacial score (nSPS) is 32.0. The fourth-order valence-corrected chi connectivity index (χ4v) is 2.00. The van der Waals surface area contributed by atoms with Crippen molar-refractivity contribution < 1.29 is 9.84 Å². The molecule has 0 saturated heterocycles. The Labute approximate surface area is 74.9 Å². The molecule has 0 heterocycles. The summed E-state index contributed by atoms with van der Waals surface area (Å²) in [5.74, 6) is 0.462. The first-order chi connectivity index (χ1) is 5.54.